The van der Waals surface area contributed by atoms with Gasteiger partial charge in [0.05, 0.1) is 25.1 Å². The van der Waals surface area contributed by atoms with Gasteiger partial charge < -0.3 is 14.8 Å². The van der Waals surface area contributed by atoms with Crippen molar-refractivity contribution in [3.63, 3.8) is 0 Å². The summed E-state index contributed by atoms with van der Waals surface area (Å²) >= 11 is 0. The van der Waals surface area contributed by atoms with E-state index in [1.54, 1.807) is 19.5 Å². The minimum absolute atomic E-state index is 0.000772. The number of aromatic nitrogens is 1. The number of hydrogen-bond donors (Lipinski definition) is 3. The van der Waals surface area contributed by atoms with E-state index in [-0.39, 0.29) is 23.9 Å². The first-order valence-corrected chi connectivity index (χ1v) is 10.7. The Morgan fingerprint density at radius 2 is 1.91 bits per heavy atom. The Labute approximate surface area is 188 Å². The second-order valence-electron chi connectivity index (χ2n) is 7.80. The molecule has 1 aliphatic rings. The van der Waals surface area contributed by atoms with Crippen LogP contribution in [0.15, 0.2) is 73.1 Å². The maximum Gasteiger partial charge on any atom is 0.226 e. The summed E-state index contributed by atoms with van der Waals surface area (Å²) in [6, 6.07) is 19.3. The fourth-order valence-electron chi connectivity index (χ4n) is 3.83. The van der Waals surface area contributed by atoms with Crippen molar-refractivity contribution in [3.8, 4) is 11.5 Å². The van der Waals surface area contributed by atoms with Gasteiger partial charge in [-0.15, -0.1) is 0 Å². The number of rotatable bonds is 8. The molecule has 3 unspecified atom stereocenters. The van der Waals surface area contributed by atoms with Gasteiger partial charge in [0, 0.05) is 18.9 Å². The predicted molar refractivity (Wildman–Crippen MR) is 122 cm³/mol. The van der Waals surface area contributed by atoms with Crippen LogP contribution in [0.4, 0.5) is 0 Å². The molecule has 0 saturated carbocycles. The molecule has 0 aliphatic carbocycles. The van der Waals surface area contributed by atoms with Crippen LogP contribution in [0.25, 0.3) is 0 Å². The van der Waals surface area contributed by atoms with Crippen molar-refractivity contribution in [3.05, 3.63) is 89.7 Å². The molecule has 2 heterocycles. The Morgan fingerprint density at radius 3 is 2.66 bits per heavy atom. The van der Waals surface area contributed by atoms with E-state index in [0.717, 1.165) is 16.7 Å². The van der Waals surface area contributed by atoms with Crippen molar-refractivity contribution >= 4 is 5.91 Å². The molecule has 3 aromatic rings. The Balaban J connectivity index is 1.41. The average molecular weight is 433 g/mol. The summed E-state index contributed by atoms with van der Waals surface area (Å²) in [5.74, 6) is 1.08. The summed E-state index contributed by atoms with van der Waals surface area (Å²) in [6.45, 7) is 2.97. The van der Waals surface area contributed by atoms with Crippen LogP contribution in [0.3, 0.4) is 0 Å². The molecule has 0 radical (unpaired) electrons. The second-order valence-corrected chi connectivity index (χ2v) is 7.80. The van der Waals surface area contributed by atoms with Crippen molar-refractivity contribution in [1.29, 1.82) is 0 Å². The lowest BCUT2D eigenvalue weighted by molar-refractivity contribution is -0.125. The third-order valence-corrected chi connectivity index (χ3v) is 5.67. The van der Waals surface area contributed by atoms with Gasteiger partial charge in [0.1, 0.15) is 6.61 Å². The quantitative estimate of drug-likeness (QED) is 0.507. The Morgan fingerprint density at radius 1 is 1.12 bits per heavy atom. The third-order valence-electron chi connectivity index (χ3n) is 5.67. The third kappa shape index (κ3) is 5.07. The van der Waals surface area contributed by atoms with Crippen molar-refractivity contribution in [2.75, 3.05) is 13.7 Å². The first-order chi connectivity index (χ1) is 15.7. The maximum absolute atomic E-state index is 13.0. The summed E-state index contributed by atoms with van der Waals surface area (Å²) in [5, 5.41) is 3.14. The monoisotopic (exact) mass is 432 g/mol. The summed E-state index contributed by atoms with van der Waals surface area (Å²) in [7, 11) is 1.61. The highest BCUT2D eigenvalue weighted by Gasteiger charge is 2.34. The fraction of sp³-hybridized carbons (Fsp3) is 0.280. The molecule has 166 valence electrons. The molecule has 3 atom stereocenters. The van der Waals surface area contributed by atoms with Gasteiger partial charge in [0.2, 0.25) is 5.91 Å². The van der Waals surface area contributed by atoms with Gasteiger partial charge in [-0.25, -0.2) is 5.43 Å². The molecule has 2 aromatic carbocycles. The van der Waals surface area contributed by atoms with E-state index in [4.69, 9.17) is 9.47 Å². The highest BCUT2D eigenvalue weighted by atomic mass is 16.5. The summed E-state index contributed by atoms with van der Waals surface area (Å²) in [4.78, 5) is 17.1. The van der Waals surface area contributed by atoms with Crippen LogP contribution in [0.2, 0.25) is 0 Å². The molecule has 0 spiro atoms. The van der Waals surface area contributed by atoms with Crippen LogP contribution in [0.1, 0.15) is 35.7 Å². The molecule has 1 saturated heterocycles. The average Bonchev–Trinajstić information content (AvgIpc) is 3.34. The molecule has 32 heavy (non-hydrogen) atoms. The van der Waals surface area contributed by atoms with Crippen molar-refractivity contribution in [2.24, 2.45) is 5.92 Å². The number of hydrogen-bond acceptors (Lipinski definition) is 6. The van der Waals surface area contributed by atoms with E-state index < -0.39 is 0 Å². The Hall–Kier alpha value is -3.42. The normalized spacial score (nSPS) is 18.7. The molecule has 1 amide bonds. The van der Waals surface area contributed by atoms with Crippen molar-refractivity contribution in [2.45, 2.75) is 25.6 Å². The summed E-state index contributed by atoms with van der Waals surface area (Å²) in [5.41, 5.74) is 9.39. The molecule has 1 fully saturated rings. The number of nitrogens with zero attached hydrogens (tertiary/aromatic N) is 1. The zero-order chi connectivity index (χ0) is 22.3. The van der Waals surface area contributed by atoms with E-state index in [9.17, 15) is 4.79 Å². The van der Waals surface area contributed by atoms with Gasteiger partial charge in [0.15, 0.2) is 11.5 Å². The van der Waals surface area contributed by atoms with Crippen LogP contribution in [-0.2, 0) is 11.4 Å². The SMILES string of the molecule is COc1cc(C(C)NC(=O)C2CNNC2c2ccccc2)ccc1OCc1ccncc1. The zero-order valence-electron chi connectivity index (χ0n) is 18.2. The van der Waals surface area contributed by atoms with Gasteiger partial charge in [-0.05, 0) is 47.9 Å². The smallest absolute Gasteiger partial charge is 0.226 e. The minimum atomic E-state index is -0.204. The van der Waals surface area contributed by atoms with E-state index in [1.165, 1.54) is 0 Å². The number of carbonyl (C=O) groups excluding carboxylic acids is 1. The molecule has 0 bridgehead atoms. The van der Waals surface area contributed by atoms with E-state index in [2.05, 4.69) is 21.2 Å². The second kappa shape index (κ2) is 10.3. The van der Waals surface area contributed by atoms with Gasteiger partial charge in [-0.1, -0.05) is 36.4 Å². The number of nitrogens with one attached hydrogen (secondary N) is 3. The van der Waals surface area contributed by atoms with Crippen LogP contribution >= 0.6 is 0 Å². The molecule has 7 nitrogen and oxygen atoms in total. The number of amides is 1. The number of hydrazine groups is 1. The predicted octanol–water partition coefficient (Wildman–Crippen LogP) is 3.31. The number of methoxy groups -OCH3 is 1. The lowest BCUT2D eigenvalue weighted by Gasteiger charge is -2.22. The van der Waals surface area contributed by atoms with Crippen molar-refractivity contribution < 1.29 is 14.3 Å². The van der Waals surface area contributed by atoms with Crippen LogP contribution in [0.5, 0.6) is 11.5 Å². The maximum atomic E-state index is 13.0. The first kappa shape index (κ1) is 21.8. The lowest BCUT2D eigenvalue weighted by Crippen LogP contribution is -2.36. The van der Waals surface area contributed by atoms with Crippen LogP contribution in [-0.4, -0.2) is 24.5 Å². The molecule has 1 aromatic heterocycles. The molecular weight excluding hydrogens is 404 g/mol. The van der Waals surface area contributed by atoms with Gasteiger partial charge in [0.25, 0.3) is 0 Å². The van der Waals surface area contributed by atoms with Crippen molar-refractivity contribution in [1.82, 2.24) is 21.2 Å². The van der Waals surface area contributed by atoms with Gasteiger partial charge >= 0.3 is 0 Å². The standard InChI is InChI=1S/C25H28N4O3/c1-17(28-25(30)21-15-27-29-24(21)19-6-4-3-5-7-19)20-8-9-22(23(14-20)31-2)32-16-18-10-12-26-13-11-18/h3-14,17,21,24,27,29H,15-16H2,1-2H3,(H,28,30). The van der Waals surface area contributed by atoms with Crippen LogP contribution < -0.4 is 25.6 Å². The molecular formula is C25H28N4O3. The molecule has 4 rings (SSSR count). The molecule has 7 heteroatoms. The fourth-order valence-corrected chi connectivity index (χ4v) is 3.83. The largest absolute Gasteiger partial charge is 0.493 e. The molecule has 1 aliphatic heterocycles. The minimum Gasteiger partial charge on any atom is -0.493 e. The number of ether oxygens (including phenoxy) is 2. The number of benzene rings is 2. The Bertz CT molecular complexity index is 1030. The van der Waals surface area contributed by atoms with Gasteiger partial charge in [-0.3, -0.25) is 15.2 Å². The van der Waals surface area contributed by atoms with Gasteiger partial charge in [-0.2, -0.15) is 0 Å². The van der Waals surface area contributed by atoms with E-state index in [1.807, 2.05) is 67.6 Å². The molecule has 3 N–H and O–H groups in total. The summed E-state index contributed by atoms with van der Waals surface area (Å²) in [6.07, 6.45) is 3.47. The topological polar surface area (TPSA) is 84.5 Å². The number of carbonyl (C=O) groups is 1. The highest BCUT2D eigenvalue weighted by molar-refractivity contribution is 5.80. The van der Waals surface area contributed by atoms with E-state index >= 15 is 0 Å². The first-order valence-electron chi connectivity index (χ1n) is 10.7. The van der Waals surface area contributed by atoms with Crippen LogP contribution in [0, 0.1) is 5.92 Å². The lowest BCUT2D eigenvalue weighted by atomic mass is 9.93. The van der Waals surface area contributed by atoms with E-state index in [0.29, 0.717) is 24.7 Å². The zero-order valence-corrected chi connectivity index (χ0v) is 18.2. The Kier molecular flexibility index (Phi) is 6.99. The highest BCUT2D eigenvalue weighted by Crippen LogP contribution is 2.31. The summed E-state index contributed by atoms with van der Waals surface area (Å²) < 4.78 is 11.5. The number of pyridine rings is 1.